The van der Waals surface area contributed by atoms with Crippen molar-refractivity contribution in [2.75, 3.05) is 0 Å². The minimum absolute atomic E-state index is 0.0646. The summed E-state index contributed by atoms with van der Waals surface area (Å²) < 4.78 is 0. The van der Waals surface area contributed by atoms with Crippen molar-refractivity contribution in [2.24, 2.45) is 4.99 Å². The van der Waals surface area contributed by atoms with E-state index in [1.165, 1.54) is 27.8 Å². The van der Waals surface area contributed by atoms with Gasteiger partial charge in [0.05, 0.1) is 0 Å². The zero-order valence-electron chi connectivity index (χ0n) is 11.6. The molecule has 0 aliphatic carbocycles. The van der Waals surface area contributed by atoms with Gasteiger partial charge in [0.2, 0.25) is 0 Å². The van der Waals surface area contributed by atoms with E-state index < -0.39 is 0 Å². The third-order valence-electron chi connectivity index (χ3n) is 3.98. The van der Waals surface area contributed by atoms with Crippen molar-refractivity contribution in [3.63, 3.8) is 0 Å². The summed E-state index contributed by atoms with van der Waals surface area (Å²) >= 11 is 0. The van der Waals surface area contributed by atoms with Crippen LogP contribution in [0.2, 0.25) is 0 Å². The van der Waals surface area contributed by atoms with Crippen LogP contribution in [-0.2, 0) is 0 Å². The second kappa shape index (κ2) is 5.02. The van der Waals surface area contributed by atoms with E-state index in [-0.39, 0.29) is 6.04 Å². The third-order valence-corrected chi connectivity index (χ3v) is 3.98. The fourth-order valence-corrected chi connectivity index (χ4v) is 2.97. The average molecular weight is 269 g/mol. The summed E-state index contributed by atoms with van der Waals surface area (Å²) in [5, 5.41) is 0. The van der Waals surface area contributed by atoms with E-state index in [1.807, 2.05) is 12.3 Å². The van der Waals surface area contributed by atoms with Crippen LogP contribution in [0.25, 0.3) is 11.1 Å². The quantitative estimate of drug-likeness (QED) is 0.597. The van der Waals surface area contributed by atoms with Crippen molar-refractivity contribution in [1.82, 2.24) is 0 Å². The predicted octanol–water partition coefficient (Wildman–Crippen LogP) is 4.88. The van der Waals surface area contributed by atoms with Crippen LogP contribution in [0.1, 0.15) is 22.7 Å². The largest absolute Gasteiger partial charge is 0.280 e. The van der Waals surface area contributed by atoms with E-state index in [9.17, 15) is 0 Å². The molecule has 0 N–H and O–H groups in total. The Hall–Kier alpha value is -2.67. The van der Waals surface area contributed by atoms with Gasteiger partial charge in [0, 0.05) is 11.8 Å². The summed E-state index contributed by atoms with van der Waals surface area (Å²) in [6, 6.07) is 27.6. The lowest BCUT2D eigenvalue weighted by molar-refractivity contribution is 0.884. The molecule has 1 atom stereocenters. The van der Waals surface area contributed by atoms with Crippen LogP contribution >= 0.6 is 0 Å². The molecular formula is C20H15N. The monoisotopic (exact) mass is 269 g/mol. The Bertz CT molecular complexity index is 803. The predicted molar refractivity (Wildman–Crippen MR) is 87.8 cm³/mol. The molecule has 1 heterocycles. The summed E-state index contributed by atoms with van der Waals surface area (Å²) in [6.07, 6.45) is 2.01. The normalized spacial score (nSPS) is 15.9. The van der Waals surface area contributed by atoms with E-state index in [0.29, 0.717) is 0 Å². The van der Waals surface area contributed by atoms with E-state index >= 15 is 0 Å². The smallest absolute Gasteiger partial charge is 0.101 e. The Morgan fingerprint density at radius 3 is 2.14 bits per heavy atom. The van der Waals surface area contributed by atoms with E-state index in [1.54, 1.807) is 0 Å². The second-order valence-corrected chi connectivity index (χ2v) is 5.27. The van der Waals surface area contributed by atoms with Crippen molar-refractivity contribution in [2.45, 2.75) is 6.04 Å². The zero-order chi connectivity index (χ0) is 14.1. The highest BCUT2D eigenvalue weighted by Gasteiger charge is 2.20. The summed E-state index contributed by atoms with van der Waals surface area (Å²) in [5.74, 6) is 0. The molecule has 1 heteroatoms. The van der Waals surface area contributed by atoms with Crippen LogP contribution in [0, 0.1) is 0 Å². The molecule has 0 amide bonds. The van der Waals surface area contributed by atoms with Gasteiger partial charge in [-0.25, -0.2) is 0 Å². The third kappa shape index (κ3) is 2.07. The first-order valence-corrected chi connectivity index (χ1v) is 7.20. The van der Waals surface area contributed by atoms with Crippen LogP contribution < -0.4 is 0 Å². The number of benzene rings is 3. The SMILES string of the molecule is C1=NC(c2ccccc2)c2ccccc2-c2ccccc21. The Morgan fingerprint density at radius 1 is 0.619 bits per heavy atom. The Balaban J connectivity index is 1.98. The first-order chi connectivity index (χ1) is 10.4. The highest BCUT2D eigenvalue weighted by molar-refractivity contribution is 5.93. The van der Waals surface area contributed by atoms with Gasteiger partial charge in [0.15, 0.2) is 0 Å². The van der Waals surface area contributed by atoms with Crippen LogP contribution in [0.15, 0.2) is 83.9 Å². The summed E-state index contributed by atoms with van der Waals surface area (Å²) in [7, 11) is 0. The number of aliphatic imine (C=N–C) groups is 1. The molecule has 0 spiro atoms. The molecule has 3 aromatic rings. The van der Waals surface area contributed by atoms with E-state index in [2.05, 4.69) is 72.8 Å². The number of hydrogen-bond donors (Lipinski definition) is 0. The highest BCUT2D eigenvalue weighted by atomic mass is 14.8. The van der Waals surface area contributed by atoms with Gasteiger partial charge in [-0.1, -0.05) is 78.9 Å². The lowest BCUT2D eigenvalue weighted by Crippen LogP contribution is -1.98. The Labute approximate surface area is 124 Å². The summed E-state index contributed by atoms with van der Waals surface area (Å²) in [5.41, 5.74) is 6.22. The molecule has 100 valence electrons. The molecule has 3 aromatic carbocycles. The summed E-state index contributed by atoms with van der Waals surface area (Å²) in [6.45, 7) is 0. The summed E-state index contributed by atoms with van der Waals surface area (Å²) in [4.78, 5) is 4.85. The van der Waals surface area contributed by atoms with Crippen LogP contribution in [0.5, 0.6) is 0 Å². The van der Waals surface area contributed by atoms with E-state index in [4.69, 9.17) is 4.99 Å². The molecule has 4 rings (SSSR count). The van der Waals surface area contributed by atoms with Gasteiger partial charge in [-0.05, 0) is 22.3 Å². The maximum absolute atomic E-state index is 4.85. The Kier molecular flexibility index (Phi) is 2.89. The topological polar surface area (TPSA) is 12.4 Å². The van der Waals surface area contributed by atoms with Crippen LogP contribution in [-0.4, -0.2) is 6.21 Å². The molecule has 1 unspecified atom stereocenters. The van der Waals surface area contributed by atoms with Gasteiger partial charge in [0.25, 0.3) is 0 Å². The minimum Gasteiger partial charge on any atom is -0.280 e. The second-order valence-electron chi connectivity index (χ2n) is 5.27. The lowest BCUT2D eigenvalue weighted by Gasteiger charge is -2.15. The van der Waals surface area contributed by atoms with Crippen molar-refractivity contribution >= 4 is 6.21 Å². The van der Waals surface area contributed by atoms with Crippen molar-refractivity contribution < 1.29 is 0 Å². The molecule has 0 aromatic heterocycles. The molecule has 1 aliphatic rings. The molecule has 0 bridgehead atoms. The van der Waals surface area contributed by atoms with Crippen molar-refractivity contribution in [3.05, 3.63) is 95.6 Å². The molecule has 1 nitrogen and oxygen atoms in total. The standard InChI is InChI=1S/C20H15N/c1-2-8-15(9-3-1)20-19-13-7-6-12-18(19)17-11-5-4-10-16(17)14-21-20/h1-14,20H. The van der Waals surface area contributed by atoms with Gasteiger partial charge in [-0.2, -0.15) is 0 Å². The maximum Gasteiger partial charge on any atom is 0.101 e. The van der Waals surface area contributed by atoms with E-state index in [0.717, 1.165) is 0 Å². The van der Waals surface area contributed by atoms with Gasteiger partial charge in [-0.3, -0.25) is 4.99 Å². The molecule has 0 fully saturated rings. The Morgan fingerprint density at radius 2 is 1.29 bits per heavy atom. The van der Waals surface area contributed by atoms with Gasteiger partial charge in [-0.15, -0.1) is 0 Å². The van der Waals surface area contributed by atoms with Gasteiger partial charge in [0.1, 0.15) is 6.04 Å². The molecule has 0 saturated carbocycles. The van der Waals surface area contributed by atoms with Crippen molar-refractivity contribution in [3.8, 4) is 11.1 Å². The maximum atomic E-state index is 4.85. The number of nitrogens with zero attached hydrogens (tertiary/aromatic N) is 1. The van der Waals surface area contributed by atoms with Crippen molar-refractivity contribution in [1.29, 1.82) is 0 Å². The first-order valence-electron chi connectivity index (χ1n) is 7.20. The number of fused-ring (bicyclic) bond motifs is 3. The average Bonchev–Trinajstić information content (AvgIpc) is 2.73. The molecular weight excluding hydrogens is 254 g/mol. The zero-order valence-corrected chi connectivity index (χ0v) is 11.6. The highest BCUT2D eigenvalue weighted by Crippen LogP contribution is 2.37. The molecule has 0 saturated heterocycles. The lowest BCUT2D eigenvalue weighted by atomic mass is 9.91. The fourth-order valence-electron chi connectivity index (χ4n) is 2.97. The minimum atomic E-state index is 0.0646. The first kappa shape index (κ1) is 12.1. The van der Waals surface area contributed by atoms with Gasteiger partial charge < -0.3 is 0 Å². The van der Waals surface area contributed by atoms with Crippen LogP contribution in [0.3, 0.4) is 0 Å². The number of hydrogen-bond acceptors (Lipinski definition) is 1. The van der Waals surface area contributed by atoms with Crippen LogP contribution in [0.4, 0.5) is 0 Å². The fraction of sp³-hybridized carbons (Fsp3) is 0.0500. The molecule has 0 radical (unpaired) electrons. The van der Waals surface area contributed by atoms with Gasteiger partial charge >= 0.3 is 0 Å². The molecule has 21 heavy (non-hydrogen) atoms. The number of rotatable bonds is 1. The molecule has 1 aliphatic heterocycles.